The van der Waals surface area contributed by atoms with Crippen LogP contribution in [0.15, 0.2) is 0 Å². The van der Waals surface area contributed by atoms with Crippen LogP contribution in [0.2, 0.25) is 0 Å². The lowest BCUT2D eigenvalue weighted by Gasteiger charge is -2.63. The van der Waals surface area contributed by atoms with E-state index in [4.69, 9.17) is 9.84 Å². The molecular formula is C14H22N2O4. The van der Waals surface area contributed by atoms with Crippen molar-refractivity contribution in [2.75, 3.05) is 13.2 Å². The van der Waals surface area contributed by atoms with E-state index in [-0.39, 0.29) is 23.9 Å². The fourth-order valence-electron chi connectivity index (χ4n) is 4.09. The number of carbonyl (C=O) groups excluding carboxylic acids is 1. The minimum Gasteiger partial charge on any atom is -0.481 e. The van der Waals surface area contributed by atoms with Crippen molar-refractivity contribution >= 4 is 12.0 Å². The van der Waals surface area contributed by atoms with Gasteiger partial charge < -0.3 is 20.5 Å². The monoisotopic (exact) mass is 282 g/mol. The molecule has 3 unspecified atom stereocenters. The Kier molecular flexibility index (Phi) is 3.58. The number of carbonyl (C=O) groups is 2. The van der Waals surface area contributed by atoms with Crippen molar-refractivity contribution in [3.8, 4) is 0 Å². The first-order valence-corrected chi connectivity index (χ1v) is 7.51. The number of carboxylic acids is 1. The van der Waals surface area contributed by atoms with Crippen LogP contribution >= 0.6 is 0 Å². The summed E-state index contributed by atoms with van der Waals surface area (Å²) in [5.41, 5.74) is 0.194. The van der Waals surface area contributed by atoms with Gasteiger partial charge in [-0.2, -0.15) is 0 Å². The topological polar surface area (TPSA) is 87.7 Å². The van der Waals surface area contributed by atoms with Gasteiger partial charge in [-0.1, -0.05) is 6.42 Å². The molecule has 20 heavy (non-hydrogen) atoms. The predicted octanol–water partition coefficient (Wildman–Crippen LogP) is 1.11. The summed E-state index contributed by atoms with van der Waals surface area (Å²) in [7, 11) is 0. The molecule has 6 heteroatoms. The second-order valence-corrected chi connectivity index (χ2v) is 6.21. The highest BCUT2D eigenvalue weighted by Crippen LogP contribution is 2.62. The number of nitrogens with one attached hydrogen (secondary N) is 2. The Morgan fingerprint density at radius 2 is 2.15 bits per heavy atom. The molecule has 1 spiro atoms. The lowest BCUT2D eigenvalue weighted by Crippen LogP contribution is -2.72. The largest absolute Gasteiger partial charge is 0.481 e. The van der Waals surface area contributed by atoms with E-state index in [1.165, 1.54) is 6.42 Å². The van der Waals surface area contributed by atoms with Crippen molar-refractivity contribution in [2.45, 2.75) is 50.7 Å². The van der Waals surface area contributed by atoms with Gasteiger partial charge in [0.2, 0.25) is 0 Å². The zero-order valence-corrected chi connectivity index (χ0v) is 11.6. The highest BCUT2D eigenvalue weighted by molar-refractivity contribution is 5.74. The van der Waals surface area contributed by atoms with Gasteiger partial charge in [0.25, 0.3) is 0 Å². The number of fused-ring (bicyclic) bond motifs is 2. The standard InChI is InChI=1S/C14H22N2O4/c17-10(18)3-1-7-15-13(19)16-11-9-4-8-20-12(9)14(11)5-2-6-14/h9,11-12H,1-8H2,(H,17,18)(H2,15,16,19). The molecule has 0 radical (unpaired) electrons. The van der Waals surface area contributed by atoms with Gasteiger partial charge in [-0.05, 0) is 25.7 Å². The van der Waals surface area contributed by atoms with Crippen molar-refractivity contribution in [1.29, 1.82) is 0 Å². The van der Waals surface area contributed by atoms with E-state index in [0.717, 1.165) is 25.9 Å². The molecule has 2 saturated carbocycles. The highest BCUT2D eigenvalue weighted by Gasteiger charge is 2.66. The quantitative estimate of drug-likeness (QED) is 0.659. The van der Waals surface area contributed by atoms with Crippen LogP contribution in [0.5, 0.6) is 0 Å². The van der Waals surface area contributed by atoms with Gasteiger partial charge in [0.1, 0.15) is 0 Å². The molecule has 112 valence electrons. The molecule has 3 rings (SSSR count). The molecule has 3 N–H and O–H groups in total. The average molecular weight is 282 g/mol. The Morgan fingerprint density at radius 1 is 1.35 bits per heavy atom. The normalized spacial score (nSPS) is 32.9. The van der Waals surface area contributed by atoms with Crippen LogP contribution in [0.25, 0.3) is 0 Å². The van der Waals surface area contributed by atoms with Crippen LogP contribution in [0.3, 0.4) is 0 Å². The maximum absolute atomic E-state index is 11.9. The molecule has 0 aromatic rings. The maximum Gasteiger partial charge on any atom is 0.315 e. The number of urea groups is 1. The molecule has 0 bridgehead atoms. The number of rotatable bonds is 5. The third-order valence-electron chi connectivity index (χ3n) is 5.18. The summed E-state index contributed by atoms with van der Waals surface area (Å²) in [6, 6.07) is 0.0697. The van der Waals surface area contributed by atoms with Crippen molar-refractivity contribution < 1.29 is 19.4 Å². The molecule has 1 heterocycles. The molecule has 0 aromatic heterocycles. The highest BCUT2D eigenvalue weighted by atomic mass is 16.5. The third kappa shape index (κ3) is 2.16. The van der Waals surface area contributed by atoms with E-state index in [9.17, 15) is 9.59 Å². The summed E-state index contributed by atoms with van der Waals surface area (Å²) in [5, 5.41) is 14.4. The van der Waals surface area contributed by atoms with Gasteiger partial charge in [0.05, 0.1) is 6.10 Å². The average Bonchev–Trinajstić information content (AvgIpc) is 2.75. The smallest absolute Gasteiger partial charge is 0.315 e. The molecule has 1 aliphatic heterocycles. The van der Waals surface area contributed by atoms with Crippen LogP contribution in [0.1, 0.15) is 38.5 Å². The van der Waals surface area contributed by atoms with Gasteiger partial charge in [0, 0.05) is 36.9 Å². The Morgan fingerprint density at radius 3 is 2.80 bits per heavy atom. The Labute approximate surface area is 118 Å². The van der Waals surface area contributed by atoms with Gasteiger partial charge in [0.15, 0.2) is 0 Å². The molecule has 2 aliphatic carbocycles. The summed E-state index contributed by atoms with van der Waals surface area (Å²) >= 11 is 0. The van der Waals surface area contributed by atoms with Crippen LogP contribution in [-0.2, 0) is 9.53 Å². The molecule has 0 aromatic carbocycles. The molecule has 3 atom stereocenters. The molecule has 3 fully saturated rings. The Balaban J connectivity index is 1.45. The molecular weight excluding hydrogens is 260 g/mol. The van der Waals surface area contributed by atoms with Crippen LogP contribution < -0.4 is 10.6 Å². The van der Waals surface area contributed by atoms with Gasteiger partial charge in [-0.15, -0.1) is 0 Å². The molecule has 3 aliphatic rings. The third-order valence-corrected chi connectivity index (χ3v) is 5.18. The number of hydrogen-bond acceptors (Lipinski definition) is 3. The van der Waals surface area contributed by atoms with Crippen LogP contribution in [0.4, 0.5) is 4.79 Å². The first-order valence-electron chi connectivity index (χ1n) is 7.51. The van der Waals surface area contributed by atoms with E-state index >= 15 is 0 Å². The zero-order valence-electron chi connectivity index (χ0n) is 11.6. The van der Waals surface area contributed by atoms with Crippen LogP contribution in [-0.4, -0.2) is 42.4 Å². The number of amides is 2. The maximum atomic E-state index is 11.9. The Hall–Kier alpha value is -1.30. The van der Waals surface area contributed by atoms with Crippen molar-refractivity contribution in [1.82, 2.24) is 10.6 Å². The summed E-state index contributed by atoms with van der Waals surface area (Å²) in [6.45, 7) is 1.22. The molecule has 6 nitrogen and oxygen atoms in total. The number of aliphatic carboxylic acids is 1. The fourth-order valence-corrected chi connectivity index (χ4v) is 4.09. The number of ether oxygens (including phenoxy) is 1. The number of carboxylic acid groups (broad SMARTS) is 1. The van der Waals surface area contributed by atoms with E-state index in [1.807, 2.05) is 0 Å². The zero-order chi connectivity index (χ0) is 14.2. The van der Waals surface area contributed by atoms with E-state index in [0.29, 0.717) is 25.0 Å². The van der Waals surface area contributed by atoms with E-state index in [1.54, 1.807) is 0 Å². The van der Waals surface area contributed by atoms with Crippen LogP contribution in [0, 0.1) is 11.3 Å². The van der Waals surface area contributed by atoms with E-state index < -0.39 is 5.97 Å². The minimum absolute atomic E-state index is 0.0895. The lowest BCUT2D eigenvalue weighted by molar-refractivity contribution is -0.172. The minimum atomic E-state index is -0.828. The van der Waals surface area contributed by atoms with E-state index in [2.05, 4.69) is 10.6 Å². The predicted molar refractivity (Wildman–Crippen MR) is 71.3 cm³/mol. The molecule has 1 saturated heterocycles. The second kappa shape index (κ2) is 5.24. The summed E-state index contributed by atoms with van der Waals surface area (Å²) in [4.78, 5) is 22.3. The van der Waals surface area contributed by atoms with Gasteiger partial charge in [-0.3, -0.25) is 4.79 Å². The fraction of sp³-hybridized carbons (Fsp3) is 0.857. The van der Waals surface area contributed by atoms with Gasteiger partial charge >= 0.3 is 12.0 Å². The van der Waals surface area contributed by atoms with Crippen molar-refractivity contribution in [3.05, 3.63) is 0 Å². The lowest BCUT2D eigenvalue weighted by atomic mass is 9.46. The van der Waals surface area contributed by atoms with Crippen molar-refractivity contribution in [2.24, 2.45) is 11.3 Å². The first kappa shape index (κ1) is 13.7. The summed E-state index contributed by atoms with van der Waals surface area (Å²) in [5.74, 6) is -0.356. The molecule has 2 amide bonds. The van der Waals surface area contributed by atoms with Gasteiger partial charge in [-0.25, -0.2) is 4.79 Å². The Bertz CT molecular complexity index is 408. The second-order valence-electron chi connectivity index (χ2n) is 6.21. The van der Waals surface area contributed by atoms with Crippen molar-refractivity contribution in [3.63, 3.8) is 0 Å². The SMILES string of the molecule is O=C(O)CCCNC(=O)NC1C2CCOC2C12CCC2. The number of hydrogen-bond donors (Lipinski definition) is 3. The summed E-state index contributed by atoms with van der Waals surface area (Å²) < 4.78 is 5.81. The summed E-state index contributed by atoms with van der Waals surface area (Å²) in [6.07, 6.45) is 5.48. The first-order chi connectivity index (χ1) is 9.63.